The van der Waals surface area contributed by atoms with Gasteiger partial charge in [0.2, 0.25) is 5.91 Å². The minimum Gasteiger partial charge on any atom is -0.492 e. The number of hydrogen-bond acceptors (Lipinski definition) is 3. The van der Waals surface area contributed by atoms with Crippen molar-refractivity contribution >= 4 is 5.91 Å². The molecular weight excluding hydrogens is 240 g/mol. The Hall–Kier alpha value is -2.10. The molecule has 1 aromatic heterocycles. The number of carbonyl (C=O) groups excluding carboxylic acids is 1. The van der Waals surface area contributed by atoms with Crippen LogP contribution in [0.3, 0.4) is 0 Å². The van der Waals surface area contributed by atoms with Gasteiger partial charge in [-0.25, -0.2) is 4.98 Å². The molecular formula is C15H18N2O2. The standard InChI is InChI=1S/C15H18N2O2/c1-11-4-5-12(2)15(13(11)3)19-9-6-14(18)17-8-7-16-10-17/h4-5,7-8,10H,6,9H2,1-3H3. The highest BCUT2D eigenvalue weighted by Crippen LogP contribution is 2.25. The van der Waals surface area contributed by atoms with Crippen LogP contribution in [0.1, 0.15) is 27.9 Å². The summed E-state index contributed by atoms with van der Waals surface area (Å²) in [6.07, 6.45) is 5.08. The van der Waals surface area contributed by atoms with Crippen molar-refractivity contribution < 1.29 is 9.53 Å². The smallest absolute Gasteiger partial charge is 0.235 e. The fourth-order valence-electron chi connectivity index (χ4n) is 1.92. The van der Waals surface area contributed by atoms with Gasteiger partial charge >= 0.3 is 0 Å². The first-order valence-corrected chi connectivity index (χ1v) is 6.30. The second-order valence-corrected chi connectivity index (χ2v) is 4.62. The van der Waals surface area contributed by atoms with Crippen LogP contribution in [0.4, 0.5) is 0 Å². The van der Waals surface area contributed by atoms with Gasteiger partial charge in [0.05, 0.1) is 13.0 Å². The van der Waals surface area contributed by atoms with E-state index in [1.165, 1.54) is 16.5 Å². The zero-order chi connectivity index (χ0) is 13.8. The predicted molar refractivity (Wildman–Crippen MR) is 73.6 cm³/mol. The first-order chi connectivity index (χ1) is 9.09. The van der Waals surface area contributed by atoms with E-state index in [0.717, 1.165) is 16.9 Å². The van der Waals surface area contributed by atoms with Gasteiger partial charge < -0.3 is 4.74 Å². The number of ether oxygens (including phenoxy) is 1. The first kappa shape index (κ1) is 13.3. The zero-order valence-corrected chi connectivity index (χ0v) is 11.5. The fraction of sp³-hybridized carbons (Fsp3) is 0.333. The highest BCUT2D eigenvalue weighted by molar-refractivity contribution is 5.78. The van der Waals surface area contributed by atoms with Gasteiger partial charge in [0.1, 0.15) is 12.1 Å². The summed E-state index contributed by atoms with van der Waals surface area (Å²) in [7, 11) is 0. The summed E-state index contributed by atoms with van der Waals surface area (Å²) in [4.78, 5) is 15.6. The average molecular weight is 258 g/mol. The van der Waals surface area contributed by atoms with Crippen molar-refractivity contribution in [3.63, 3.8) is 0 Å². The van der Waals surface area contributed by atoms with E-state index < -0.39 is 0 Å². The Kier molecular flexibility index (Phi) is 4.00. The van der Waals surface area contributed by atoms with Crippen LogP contribution in [-0.2, 0) is 0 Å². The minimum absolute atomic E-state index is 0.0135. The monoisotopic (exact) mass is 258 g/mol. The van der Waals surface area contributed by atoms with Gasteiger partial charge in [-0.3, -0.25) is 9.36 Å². The van der Waals surface area contributed by atoms with E-state index in [-0.39, 0.29) is 5.91 Å². The van der Waals surface area contributed by atoms with Gasteiger partial charge in [0.25, 0.3) is 0 Å². The van der Waals surface area contributed by atoms with Gasteiger partial charge in [-0.2, -0.15) is 0 Å². The summed E-state index contributed by atoms with van der Waals surface area (Å²) in [5.41, 5.74) is 3.43. The fourth-order valence-corrected chi connectivity index (χ4v) is 1.92. The van der Waals surface area contributed by atoms with Crippen LogP contribution in [0.25, 0.3) is 0 Å². The zero-order valence-electron chi connectivity index (χ0n) is 11.5. The van der Waals surface area contributed by atoms with Crippen molar-refractivity contribution in [2.45, 2.75) is 27.2 Å². The molecule has 0 aliphatic rings. The Morgan fingerprint density at radius 1 is 1.26 bits per heavy atom. The Labute approximate surface area is 113 Å². The van der Waals surface area contributed by atoms with E-state index in [1.54, 1.807) is 12.4 Å². The minimum atomic E-state index is -0.0135. The number of rotatable bonds is 4. The van der Waals surface area contributed by atoms with E-state index in [1.807, 2.05) is 19.9 Å². The van der Waals surface area contributed by atoms with Crippen LogP contribution in [-0.4, -0.2) is 22.1 Å². The molecule has 0 radical (unpaired) electrons. The molecule has 2 aromatic rings. The number of hydrogen-bond donors (Lipinski definition) is 0. The van der Waals surface area contributed by atoms with Crippen molar-refractivity contribution in [3.05, 3.63) is 47.5 Å². The third-order valence-electron chi connectivity index (χ3n) is 3.23. The van der Waals surface area contributed by atoms with Crippen LogP contribution >= 0.6 is 0 Å². The van der Waals surface area contributed by atoms with Gasteiger partial charge in [-0.1, -0.05) is 12.1 Å². The highest BCUT2D eigenvalue weighted by atomic mass is 16.5. The molecule has 0 unspecified atom stereocenters. The molecule has 0 amide bonds. The van der Waals surface area contributed by atoms with E-state index in [2.05, 4.69) is 18.0 Å². The number of aryl methyl sites for hydroxylation is 2. The highest BCUT2D eigenvalue weighted by Gasteiger charge is 2.08. The quantitative estimate of drug-likeness (QED) is 0.847. The molecule has 4 heteroatoms. The largest absolute Gasteiger partial charge is 0.492 e. The summed E-state index contributed by atoms with van der Waals surface area (Å²) in [6.45, 7) is 6.48. The number of carbonyl (C=O) groups is 1. The SMILES string of the molecule is Cc1ccc(C)c(OCCC(=O)n2ccnc2)c1C. The summed E-state index contributed by atoms with van der Waals surface area (Å²) < 4.78 is 7.23. The third kappa shape index (κ3) is 3.02. The van der Waals surface area contributed by atoms with Gasteiger partial charge in [0, 0.05) is 12.4 Å². The van der Waals surface area contributed by atoms with Crippen LogP contribution < -0.4 is 4.74 Å². The lowest BCUT2D eigenvalue weighted by molar-refractivity contribution is 0.0880. The third-order valence-corrected chi connectivity index (χ3v) is 3.23. The normalized spacial score (nSPS) is 10.5. The molecule has 0 aliphatic carbocycles. The van der Waals surface area contributed by atoms with E-state index in [9.17, 15) is 4.79 Å². The molecule has 0 fully saturated rings. The lowest BCUT2D eigenvalue weighted by atomic mass is 10.1. The molecule has 0 spiro atoms. The average Bonchev–Trinajstić information content (AvgIpc) is 2.92. The molecule has 2 rings (SSSR count). The van der Waals surface area contributed by atoms with Crippen molar-refractivity contribution in [2.24, 2.45) is 0 Å². The maximum atomic E-state index is 11.8. The molecule has 0 aliphatic heterocycles. The van der Waals surface area contributed by atoms with Crippen LogP contribution in [0.15, 0.2) is 30.9 Å². The number of aromatic nitrogens is 2. The Balaban J connectivity index is 1.97. The Morgan fingerprint density at radius 2 is 2.00 bits per heavy atom. The predicted octanol–water partition coefficient (Wildman–Crippen LogP) is 2.92. The van der Waals surface area contributed by atoms with Crippen LogP contribution in [0.5, 0.6) is 5.75 Å². The Bertz CT molecular complexity index is 574. The summed E-state index contributed by atoms with van der Waals surface area (Å²) >= 11 is 0. The summed E-state index contributed by atoms with van der Waals surface area (Å²) in [6, 6.07) is 4.11. The van der Waals surface area contributed by atoms with Crippen LogP contribution in [0.2, 0.25) is 0 Å². The molecule has 100 valence electrons. The maximum Gasteiger partial charge on any atom is 0.235 e. The van der Waals surface area contributed by atoms with E-state index >= 15 is 0 Å². The number of nitrogens with zero attached hydrogens (tertiary/aromatic N) is 2. The van der Waals surface area contributed by atoms with Crippen molar-refractivity contribution in [1.82, 2.24) is 9.55 Å². The summed E-state index contributed by atoms with van der Waals surface area (Å²) in [5.74, 6) is 0.874. The molecule has 0 saturated carbocycles. The molecule has 0 saturated heterocycles. The number of benzene rings is 1. The second kappa shape index (κ2) is 5.69. The second-order valence-electron chi connectivity index (χ2n) is 4.62. The van der Waals surface area contributed by atoms with Gasteiger partial charge in [-0.15, -0.1) is 0 Å². The molecule has 19 heavy (non-hydrogen) atoms. The van der Waals surface area contributed by atoms with Crippen molar-refractivity contribution in [2.75, 3.05) is 6.61 Å². The lowest BCUT2D eigenvalue weighted by Crippen LogP contribution is -2.13. The molecule has 0 atom stereocenters. The molecule has 0 N–H and O–H groups in total. The summed E-state index contributed by atoms with van der Waals surface area (Å²) in [5, 5.41) is 0. The molecule has 1 heterocycles. The number of imidazole rings is 1. The topological polar surface area (TPSA) is 44.1 Å². The Morgan fingerprint density at radius 3 is 2.68 bits per heavy atom. The lowest BCUT2D eigenvalue weighted by Gasteiger charge is -2.13. The maximum absolute atomic E-state index is 11.8. The molecule has 0 bridgehead atoms. The van der Waals surface area contributed by atoms with Crippen molar-refractivity contribution in [1.29, 1.82) is 0 Å². The molecule has 4 nitrogen and oxygen atoms in total. The first-order valence-electron chi connectivity index (χ1n) is 6.30. The van der Waals surface area contributed by atoms with E-state index in [4.69, 9.17) is 4.74 Å². The molecule has 1 aromatic carbocycles. The van der Waals surface area contributed by atoms with Gasteiger partial charge in [-0.05, 0) is 37.5 Å². The van der Waals surface area contributed by atoms with Gasteiger partial charge in [0.15, 0.2) is 0 Å². The van der Waals surface area contributed by atoms with Crippen molar-refractivity contribution in [3.8, 4) is 5.75 Å². The van der Waals surface area contributed by atoms with Crippen LogP contribution in [0, 0.1) is 20.8 Å². The van der Waals surface area contributed by atoms with E-state index in [0.29, 0.717) is 13.0 Å².